The second-order valence-corrected chi connectivity index (χ2v) is 4.34. The third kappa shape index (κ3) is 3.25. The Labute approximate surface area is 109 Å². The second kappa shape index (κ2) is 6.05. The summed E-state index contributed by atoms with van der Waals surface area (Å²) in [5, 5.41) is 2.74. The van der Waals surface area contributed by atoms with Crippen LogP contribution in [0.2, 0.25) is 0 Å². The summed E-state index contributed by atoms with van der Waals surface area (Å²) >= 11 is 0. The molecule has 1 aromatic rings. The van der Waals surface area contributed by atoms with E-state index in [2.05, 4.69) is 21.7 Å². The van der Waals surface area contributed by atoms with Crippen molar-refractivity contribution in [2.75, 3.05) is 6.54 Å². The van der Waals surface area contributed by atoms with Crippen molar-refractivity contribution in [3.05, 3.63) is 35.4 Å². The molecule has 1 aromatic carbocycles. The number of amides is 1. The fourth-order valence-electron chi connectivity index (χ4n) is 1.96. The van der Waals surface area contributed by atoms with Gasteiger partial charge in [-0.05, 0) is 12.5 Å². The van der Waals surface area contributed by atoms with Crippen LogP contribution in [-0.4, -0.2) is 18.5 Å². The summed E-state index contributed by atoms with van der Waals surface area (Å²) in [6.45, 7) is 2.26. The lowest BCUT2D eigenvalue weighted by molar-refractivity contribution is -0.123. The largest absolute Gasteiger partial charge is 0.348 e. The first-order chi connectivity index (χ1) is 9.11. The topological polar surface area (TPSA) is 65.2 Å². The van der Waals surface area contributed by atoms with Crippen LogP contribution in [0.1, 0.15) is 24.9 Å². The molecule has 0 saturated carbocycles. The Kier molecular flexibility index (Phi) is 4.41. The van der Waals surface area contributed by atoms with Gasteiger partial charge in [0.1, 0.15) is 17.7 Å². The van der Waals surface area contributed by atoms with E-state index >= 15 is 0 Å². The lowest BCUT2D eigenvalue weighted by atomic mass is 10.0. The summed E-state index contributed by atoms with van der Waals surface area (Å²) in [5.74, 6) is -1.52. The summed E-state index contributed by atoms with van der Waals surface area (Å²) in [7, 11) is 0. The molecule has 19 heavy (non-hydrogen) atoms. The molecule has 5 nitrogen and oxygen atoms in total. The van der Waals surface area contributed by atoms with Crippen LogP contribution >= 0.6 is 0 Å². The molecule has 7 heteroatoms. The van der Waals surface area contributed by atoms with Crippen LogP contribution in [0.5, 0.6) is 0 Å². The van der Waals surface area contributed by atoms with Crippen molar-refractivity contribution in [3.63, 3.8) is 0 Å². The lowest BCUT2D eigenvalue weighted by Crippen LogP contribution is -2.45. The number of carbonyl (C=O) groups excluding carboxylic acids is 1. The highest BCUT2D eigenvalue weighted by Gasteiger charge is 2.25. The van der Waals surface area contributed by atoms with Gasteiger partial charge in [0.15, 0.2) is 0 Å². The zero-order chi connectivity index (χ0) is 13.8. The third-order valence-electron chi connectivity index (χ3n) is 3.02. The summed E-state index contributed by atoms with van der Waals surface area (Å²) < 4.78 is 26.6. The first kappa shape index (κ1) is 13.9. The van der Waals surface area contributed by atoms with Crippen LogP contribution in [-0.2, 0) is 4.79 Å². The fourth-order valence-corrected chi connectivity index (χ4v) is 1.96. The number of carbonyl (C=O) groups is 1. The van der Waals surface area contributed by atoms with Gasteiger partial charge in [0, 0.05) is 18.2 Å². The zero-order valence-electron chi connectivity index (χ0n) is 10.5. The van der Waals surface area contributed by atoms with E-state index in [0.717, 1.165) is 6.07 Å². The highest BCUT2D eigenvalue weighted by atomic mass is 19.1. The fraction of sp³-hybridized carbons (Fsp3) is 0.417. The Hall–Kier alpha value is -1.57. The maximum atomic E-state index is 13.7. The van der Waals surface area contributed by atoms with Crippen molar-refractivity contribution in [3.8, 4) is 0 Å². The van der Waals surface area contributed by atoms with Crippen molar-refractivity contribution in [1.82, 2.24) is 21.7 Å². The molecule has 0 spiro atoms. The maximum Gasteiger partial charge on any atom is 0.240 e. The Morgan fingerprint density at radius 2 is 2.32 bits per heavy atom. The van der Waals surface area contributed by atoms with Crippen molar-refractivity contribution in [2.45, 2.75) is 25.4 Å². The number of rotatable bonds is 4. The molecule has 1 aliphatic rings. The Balaban J connectivity index is 2.08. The van der Waals surface area contributed by atoms with Gasteiger partial charge in [-0.1, -0.05) is 13.0 Å². The van der Waals surface area contributed by atoms with Crippen LogP contribution in [0, 0.1) is 11.6 Å². The summed E-state index contributed by atoms with van der Waals surface area (Å²) in [6, 6.07) is 2.47. The summed E-state index contributed by atoms with van der Waals surface area (Å²) in [5.41, 5.74) is 8.40. The first-order valence-corrected chi connectivity index (χ1v) is 6.10. The molecule has 0 radical (unpaired) electrons. The molecule has 1 fully saturated rings. The maximum absolute atomic E-state index is 13.7. The minimum absolute atomic E-state index is 0.243. The van der Waals surface area contributed by atoms with Gasteiger partial charge >= 0.3 is 0 Å². The van der Waals surface area contributed by atoms with E-state index in [1.54, 1.807) is 0 Å². The van der Waals surface area contributed by atoms with Gasteiger partial charge in [-0.2, -0.15) is 5.53 Å². The average molecular weight is 270 g/mol. The smallest absolute Gasteiger partial charge is 0.240 e. The molecule has 1 aliphatic heterocycles. The number of halogens is 2. The summed E-state index contributed by atoms with van der Waals surface area (Å²) in [4.78, 5) is 11.9. The van der Waals surface area contributed by atoms with Crippen LogP contribution in [0.3, 0.4) is 0 Å². The zero-order valence-corrected chi connectivity index (χ0v) is 10.5. The number of benzene rings is 1. The third-order valence-corrected chi connectivity index (χ3v) is 3.02. The molecular formula is C12H16F2N4O. The molecule has 0 aromatic heterocycles. The van der Waals surface area contributed by atoms with E-state index in [4.69, 9.17) is 0 Å². The minimum atomic E-state index is -0.650. The van der Waals surface area contributed by atoms with Crippen LogP contribution < -0.4 is 21.7 Å². The van der Waals surface area contributed by atoms with Gasteiger partial charge < -0.3 is 5.32 Å². The van der Waals surface area contributed by atoms with E-state index < -0.39 is 23.7 Å². The highest BCUT2D eigenvalue weighted by Crippen LogP contribution is 2.21. The average Bonchev–Trinajstić information content (AvgIpc) is 2.90. The molecule has 1 amide bonds. The van der Waals surface area contributed by atoms with Crippen molar-refractivity contribution >= 4 is 5.91 Å². The molecule has 1 heterocycles. The van der Waals surface area contributed by atoms with Crippen molar-refractivity contribution in [1.29, 1.82) is 0 Å². The molecule has 0 bridgehead atoms. The predicted molar refractivity (Wildman–Crippen MR) is 65.6 cm³/mol. The predicted octanol–water partition coefficient (Wildman–Crippen LogP) is 0.513. The van der Waals surface area contributed by atoms with Crippen LogP contribution in [0.15, 0.2) is 18.2 Å². The van der Waals surface area contributed by atoms with E-state index in [9.17, 15) is 13.6 Å². The normalized spacial score (nSPS) is 20.3. The van der Waals surface area contributed by atoms with Crippen molar-refractivity contribution < 1.29 is 13.6 Å². The van der Waals surface area contributed by atoms with Gasteiger partial charge in [0.05, 0.1) is 6.04 Å². The van der Waals surface area contributed by atoms with Crippen LogP contribution in [0.4, 0.5) is 8.78 Å². The summed E-state index contributed by atoms with van der Waals surface area (Å²) in [6.07, 6.45) is 0.516. The van der Waals surface area contributed by atoms with E-state index in [1.807, 2.05) is 6.92 Å². The molecule has 2 atom stereocenters. The van der Waals surface area contributed by atoms with Gasteiger partial charge in [-0.25, -0.2) is 19.6 Å². The van der Waals surface area contributed by atoms with E-state index in [1.165, 1.54) is 12.1 Å². The van der Waals surface area contributed by atoms with E-state index in [0.29, 0.717) is 13.0 Å². The molecule has 4 N–H and O–H groups in total. The van der Waals surface area contributed by atoms with Crippen molar-refractivity contribution in [2.24, 2.45) is 0 Å². The molecule has 0 aliphatic carbocycles. The molecule has 1 saturated heterocycles. The molecule has 104 valence electrons. The molecular weight excluding hydrogens is 254 g/mol. The van der Waals surface area contributed by atoms with Gasteiger partial charge in [-0.15, -0.1) is 0 Å². The quantitative estimate of drug-likeness (QED) is 0.644. The van der Waals surface area contributed by atoms with Crippen LogP contribution in [0.25, 0.3) is 0 Å². The Morgan fingerprint density at radius 3 is 2.89 bits per heavy atom. The highest BCUT2D eigenvalue weighted by molar-refractivity contribution is 5.82. The molecule has 2 rings (SSSR count). The first-order valence-electron chi connectivity index (χ1n) is 6.10. The van der Waals surface area contributed by atoms with Gasteiger partial charge in [0.25, 0.3) is 0 Å². The second-order valence-electron chi connectivity index (χ2n) is 4.34. The monoisotopic (exact) mass is 270 g/mol. The Bertz CT molecular complexity index is 463. The SMILES string of the molecule is CCC(NC(=O)C1CNNN1)c1ccc(F)cc1F. The lowest BCUT2D eigenvalue weighted by Gasteiger charge is -2.20. The number of nitrogens with one attached hydrogen (secondary N) is 4. The van der Waals surface area contributed by atoms with Gasteiger partial charge in [0.2, 0.25) is 5.91 Å². The number of hydrogen-bond donors (Lipinski definition) is 4. The van der Waals surface area contributed by atoms with Gasteiger partial charge in [-0.3, -0.25) is 4.79 Å². The number of hydrogen-bond acceptors (Lipinski definition) is 4. The molecule has 2 unspecified atom stereocenters. The van der Waals surface area contributed by atoms with E-state index in [-0.39, 0.29) is 11.5 Å². The number of hydrazine groups is 2. The Morgan fingerprint density at radius 1 is 1.53 bits per heavy atom. The minimum Gasteiger partial charge on any atom is -0.348 e. The standard InChI is InChI=1S/C12H16F2N4O/c1-2-10(8-4-3-7(13)5-9(8)14)16-12(19)11-6-15-18-17-11/h3-5,10-11,15,17-18H,2,6H2,1H3,(H,16,19).